The Hall–Kier alpha value is -2.96. The highest BCUT2D eigenvalue weighted by Gasteiger charge is 2.25. The van der Waals surface area contributed by atoms with Crippen LogP contribution in [0, 0.1) is 5.92 Å². The smallest absolute Gasteiger partial charge is 0.387 e. The van der Waals surface area contributed by atoms with Crippen LogP contribution in [0.4, 0.5) is 14.5 Å². The Kier molecular flexibility index (Phi) is 7.54. The molecule has 0 aromatic heterocycles. The van der Waals surface area contributed by atoms with Gasteiger partial charge in [-0.3, -0.25) is 9.59 Å². The minimum atomic E-state index is -2.91. The van der Waals surface area contributed by atoms with Crippen LogP contribution in [-0.2, 0) is 10.2 Å². The Labute approximate surface area is 175 Å². The van der Waals surface area contributed by atoms with Crippen molar-refractivity contribution in [3.63, 3.8) is 0 Å². The van der Waals surface area contributed by atoms with E-state index in [2.05, 4.69) is 36.1 Å². The van der Waals surface area contributed by atoms with E-state index in [0.717, 1.165) is 5.56 Å². The zero-order chi connectivity index (χ0) is 22.5. The summed E-state index contributed by atoms with van der Waals surface area (Å²) in [6.07, 6.45) is 0. The van der Waals surface area contributed by atoms with Crippen LogP contribution in [0.1, 0.15) is 50.5 Å². The molecule has 0 unspecified atom stereocenters. The van der Waals surface area contributed by atoms with E-state index in [9.17, 15) is 18.4 Å². The van der Waals surface area contributed by atoms with Crippen molar-refractivity contribution in [3.8, 4) is 5.75 Å². The molecular weight excluding hydrogens is 390 g/mol. The lowest BCUT2D eigenvalue weighted by Crippen LogP contribution is -2.47. The molecule has 0 spiro atoms. The number of amides is 2. The van der Waals surface area contributed by atoms with Crippen LogP contribution >= 0.6 is 0 Å². The summed E-state index contributed by atoms with van der Waals surface area (Å²) in [5.74, 6) is -0.906. The van der Waals surface area contributed by atoms with Gasteiger partial charge in [0.15, 0.2) is 0 Å². The van der Waals surface area contributed by atoms with E-state index in [4.69, 9.17) is 0 Å². The van der Waals surface area contributed by atoms with Crippen molar-refractivity contribution >= 4 is 17.5 Å². The molecule has 0 fully saturated rings. The molecule has 0 aliphatic heterocycles. The standard InChI is InChI=1S/C23H28F2N2O3/c1-14(2)19(21(29)26-17-10-12-18(13-11-17)30-22(24)25)27-20(28)15-6-8-16(9-7-15)23(3,4)5/h6-14,19,22H,1-5H3,(H,26,29)(H,27,28)/t19-/m0/s1. The predicted molar refractivity (Wildman–Crippen MR) is 113 cm³/mol. The molecule has 162 valence electrons. The summed E-state index contributed by atoms with van der Waals surface area (Å²) in [5, 5.41) is 5.47. The summed E-state index contributed by atoms with van der Waals surface area (Å²) < 4.78 is 28.8. The fraction of sp³-hybridized carbons (Fsp3) is 0.391. The third kappa shape index (κ3) is 6.54. The fourth-order valence-electron chi connectivity index (χ4n) is 2.82. The fourth-order valence-corrected chi connectivity index (χ4v) is 2.82. The number of carbonyl (C=O) groups is 2. The van der Waals surface area contributed by atoms with Crippen molar-refractivity contribution in [1.29, 1.82) is 0 Å². The molecule has 0 saturated carbocycles. The van der Waals surface area contributed by atoms with Crippen molar-refractivity contribution < 1.29 is 23.1 Å². The molecule has 0 radical (unpaired) electrons. The third-order valence-corrected chi connectivity index (χ3v) is 4.60. The Bertz CT molecular complexity index is 858. The highest BCUT2D eigenvalue weighted by molar-refractivity contribution is 6.01. The first-order valence-corrected chi connectivity index (χ1v) is 9.74. The van der Waals surface area contributed by atoms with Gasteiger partial charge < -0.3 is 15.4 Å². The molecule has 0 heterocycles. The SMILES string of the molecule is CC(C)[C@H](NC(=O)c1ccc(C(C)(C)C)cc1)C(=O)Nc1ccc(OC(F)F)cc1. The second-order valence-electron chi connectivity index (χ2n) is 8.41. The van der Waals surface area contributed by atoms with E-state index < -0.39 is 18.6 Å². The zero-order valence-corrected chi connectivity index (χ0v) is 17.8. The predicted octanol–water partition coefficient (Wildman–Crippen LogP) is 4.98. The Morgan fingerprint density at radius 3 is 1.97 bits per heavy atom. The quantitative estimate of drug-likeness (QED) is 0.667. The molecule has 2 amide bonds. The second-order valence-corrected chi connectivity index (χ2v) is 8.41. The van der Waals surface area contributed by atoms with Gasteiger partial charge in [-0.05, 0) is 53.3 Å². The second kappa shape index (κ2) is 9.69. The monoisotopic (exact) mass is 418 g/mol. The van der Waals surface area contributed by atoms with Crippen molar-refractivity contribution in [2.75, 3.05) is 5.32 Å². The van der Waals surface area contributed by atoms with Crippen LogP contribution in [0.25, 0.3) is 0 Å². The van der Waals surface area contributed by atoms with Gasteiger partial charge >= 0.3 is 6.61 Å². The lowest BCUT2D eigenvalue weighted by molar-refractivity contribution is -0.118. The number of hydrogen-bond acceptors (Lipinski definition) is 3. The number of carbonyl (C=O) groups excluding carboxylic acids is 2. The maximum Gasteiger partial charge on any atom is 0.387 e. The van der Waals surface area contributed by atoms with Gasteiger partial charge in [0, 0.05) is 11.3 Å². The summed E-state index contributed by atoms with van der Waals surface area (Å²) in [7, 11) is 0. The molecule has 2 aromatic rings. The molecule has 2 rings (SSSR count). The first-order chi connectivity index (χ1) is 14.0. The van der Waals surface area contributed by atoms with Crippen LogP contribution in [-0.4, -0.2) is 24.5 Å². The molecule has 0 aliphatic carbocycles. The van der Waals surface area contributed by atoms with E-state index in [1.165, 1.54) is 24.3 Å². The van der Waals surface area contributed by atoms with Crippen LogP contribution in [0.3, 0.4) is 0 Å². The van der Waals surface area contributed by atoms with Gasteiger partial charge in [0.1, 0.15) is 11.8 Å². The van der Waals surface area contributed by atoms with Gasteiger partial charge in [-0.25, -0.2) is 0 Å². The first-order valence-electron chi connectivity index (χ1n) is 9.74. The average molecular weight is 418 g/mol. The molecule has 7 heteroatoms. The van der Waals surface area contributed by atoms with E-state index in [1.54, 1.807) is 12.1 Å². The van der Waals surface area contributed by atoms with E-state index >= 15 is 0 Å². The molecule has 2 N–H and O–H groups in total. The number of ether oxygens (including phenoxy) is 1. The molecule has 2 aromatic carbocycles. The van der Waals surface area contributed by atoms with Crippen molar-refractivity contribution in [2.45, 2.75) is 52.7 Å². The number of benzene rings is 2. The van der Waals surface area contributed by atoms with Gasteiger partial charge in [0.2, 0.25) is 5.91 Å². The van der Waals surface area contributed by atoms with Crippen LogP contribution in [0.5, 0.6) is 5.75 Å². The highest BCUT2D eigenvalue weighted by atomic mass is 19.3. The summed E-state index contributed by atoms with van der Waals surface area (Å²) in [6.45, 7) is 7.01. The molecule has 1 atom stereocenters. The van der Waals surface area contributed by atoms with Gasteiger partial charge in [0.05, 0.1) is 0 Å². The van der Waals surface area contributed by atoms with Crippen molar-refractivity contribution in [3.05, 3.63) is 59.7 Å². The van der Waals surface area contributed by atoms with Gasteiger partial charge in [0.25, 0.3) is 5.91 Å². The maximum absolute atomic E-state index is 12.7. The maximum atomic E-state index is 12.7. The normalized spacial score (nSPS) is 12.6. The number of halogens is 2. The summed E-state index contributed by atoms with van der Waals surface area (Å²) in [5.41, 5.74) is 1.97. The lowest BCUT2D eigenvalue weighted by Gasteiger charge is -2.22. The minimum absolute atomic E-state index is 0.00425. The van der Waals surface area contributed by atoms with Crippen LogP contribution in [0.15, 0.2) is 48.5 Å². The summed E-state index contributed by atoms with van der Waals surface area (Å²) in [4.78, 5) is 25.3. The molecule has 30 heavy (non-hydrogen) atoms. The zero-order valence-electron chi connectivity index (χ0n) is 17.8. The number of alkyl halides is 2. The van der Waals surface area contributed by atoms with E-state index in [-0.39, 0.29) is 23.0 Å². The molecular formula is C23H28F2N2O3. The van der Waals surface area contributed by atoms with Crippen LogP contribution < -0.4 is 15.4 Å². The van der Waals surface area contributed by atoms with Crippen molar-refractivity contribution in [2.24, 2.45) is 5.92 Å². The average Bonchev–Trinajstić information content (AvgIpc) is 2.66. The highest BCUT2D eigenvalue weighted by Crippen LogP contribution is 2.22. The van der Waals surface area contributed by atoms with Gasteiger partial charge in [-0.1, -0.05) is 46.8 Å². The Morgan fingerprint density at radius 2 is 1.50 bits per heavy atom. The summed E-state index contributed by atoms with van der Waals surface area (Å²) >= 11 is 0. The third-order valence-electron chi connectivity index (χ3n) is 4.60. The molecule has 0 bridgehead atoms. The van der Waals surface area contributed by atoms with E-state index in [1.807, 2.05) is 26.0 Å². The largest absolute Gasteiger partial charge is 0.435 e. The van der Waals surface area contributed by atoms with Gasteiger partial charge in [-0.15, -0.1) is 0 Å². The number of hydrogen-bond donors (Lipinski definition) is 2. The molecule has 0 saturated heterocycles. The summed E-state index contributed by atoms with van der Waals surface area (Å²) in [6, 6.07) is 12.1. The Balaban J connectivity index is 2.05. The number of anilines is 1. The first kappa shape index (κ1) is 23.3. The topological polar surface area (TPSA) is 67.4 Å². The Morgan fingerprint density at radius 1 is 0.933 bits per heavy atom. The molecule has 5 nitrogen and oxygen atoms in total. The number of rotatable bonds is 7. The minimum Gasteiger partial charge on any atom is -0.435 e. The van der Waals surface area contributed by atoms with Gasteiger partial charge in [-0.2, -0.15) is 8.78 Å². The number of nitrogens with one attached hydrogen (secondary N) is 2. The van der Waals surface area contributed by atoms with Crippen molar-refractivity contribution in [1.82, 2.24) is 5.32 Å². The van der Waals surface area contributed by atoms with Crippen LogP contribution in [0.2, 0.25) is 0 Å². The lowest BCUT2D eigenvalue weighted by atomic mass is 9.86. The van der Waals surface area contributed by atoms with E-state index in [0.29, 0.717) is 11.3 Å². The molecule has 0 aliphatic rings.